The first-order valence-electron chi connectivity index (χ1n) is 5.99. The Morgan fingerprint density at radius 3 is 2.88 bits per heavy atom. The second-order valence-corrected chi connectivity index (χ2v) is 5.75. The van der Waals surface area contributed by atoms with Gasteiger partial charge in [-0.05, 0) is 48.1 Å². The Kier molecular flexibility index (Phi) is 4.07. The van der Waals surface area contributed by atoms with E-state index in [0.717, 1.165) is 23.2 Å². The molecule has 2 rings (SSSR count). The lowest BCUT2D eigenvalue weighted by molar-refractivity contribution is 0.264. The van der Waals surface area contributed by atoms with Crippen molar-refractivity contribution < 1.29 is 0 Å². The summed E-state index contributed by atoms with van der Waals surface area (Å²) < 4.78 is 1.05. The van der Waals surface area contributed by atoms with Crippen LogP contribution in [0.2, 0.25) is 0 Å². The maximum atomic E-state index is 5.90. The number of likely N-dealkylation sites (tertiary alicyclic amines) is 1. The monoisotopic (exact) mass is 297 g/mol. The van der Waals surface area contributed by atoms with Gasteiger partial charge in [0.15, 0.2) is 0 Å². The summed E-state index contributed by atoms with van der Waals surface area (Å²) in [6.45, 7) is 3.30. The molecule has 0 spiro atoms. The van der Waals surface area contributed by atoms with Crippen molar-refractivity contribution in [2.24, 2.45) is 0 Å². The molecule has 17 heavy (non-hydrogen) atoms. The minimum absolute atomic E-state index is 0.690. The van der Waals surface area contributed by atoms with Crippen LogP contribution in [0.3, 0.4) is 0 Å². The summed E-state index contributed by atoms with van der Waals surface area (Å²) >= 11 is 3.57. The molecule has 1 unspecified atom stereocenters. The maximum Gasteiger partial charge on any atom is 0.0461 e. The fourth-order valence-corrected chi connectivity index (χ4v) is 2.73. The SMILES string of the molecule is CN(C)C1CCN(Cc2cccc(N)c2Br)C1. The highest BCUT2D eigenvalue weighted by atomic mass is 79.9. The molecular weight excluding hydrogens is 278 g/mol. The van der Waals surface area contributed by atoms with Crippen LogP contribution >= 0.6 is 15.9 Å². The molecule has 2 N–H and O–H groups in total. The molecule has 0 amide bonds. The number of hydrogen-bond acceptors (Lipinski definition) is 3. The van der Waals surface area contributed by atoms with Crippen LogP contribution < -0.4 is 5.73 Å². The predicted molar refractivity (Wildman–Crippen MR) is 75.9 cm³/mol. The highest BCUT2D eigenvalue weighted by Crippen LogP contribution is 2.26. The standard InChI is InChI=1S/C13H20BrN3/c1-16(2)11-6-7-17(9-11)8-10-4-3-5-12(15)13(10)14/h3-5,11H,6-9,15H2,1-2H3. The molecule has 0 saturated carbocycles. The van der Waals surface area contributed by atoms with E-state index >= 15 is 0 Å². The van der Waals surface area contributed by atoms with Crippen molar-refractivity contribution in [3.05, 3.63) is 28.2 Å². The van der Waals surface area contributed by atoms with Crippen LogP contribution in [0.25, 0.3) is 0 Å². The number of halogens is 1. The normalized spacial score (nSPS) is 21.3. The molecule has 0 aromatic heterocycles. The molecule has 1 aromatic rings. The molecule has 0 bridgehead atoms. The van der Waals surface area contributed by atoms with E-state index in [9.17, 15) is 0 Å². The summed E-state index contributed by atoms with van der Waals surface area (Å²) in [5.74, 6) is 0. The number of hydrogen-bond donors (Lipinski definition) is 1. The summed E-state index contributed by atoms with van der Waals surface area (Å²) in [5, 5.41) is 0. The van der Waals surface area contributed by atoms with Gasteiger partial charge < -0.3 is 10.6 Å². The molecule has 1 aliphatic heterocycles. The van der Waals surface area contributed by atoms with Crippen molar-refractivity contribution in [3.63, 3.8) is 0 Å². The van der Waals surface area contributed by atoms with Crippen LogP contribution in [0.4, 0.5) is 5.69 Å². The fourth-order valence-electron chi connectivity index (χ4n) is 2.34. The predicted octanol–water partition coefficient (Wildman–Crippen LogP) is 2.17. The van der Waals surface area contributed by atoms with E-state index in [1.165, 1.54) is 18.5 Å². The zero-order chi connectivity index (χ0) is 12.4. The first kappa shape index (κ1) is 12.9. The Bertz CT molecular complexity index is 392. The van der Waals surface area contributed by atoms with E-state index < -0.39 is 0 Å². The van der Waals surface area contributed by atoms with Gasteiger partial charge in [-0.1, -0.05) is 12.1 Å². The third-order valence-corrected chi connectivity index (χ3v) is 4.45. The zero-order valence-electron chi connectivity index (χ0n) is 10.5. The number of nitrogens with two attached hydrogens (primary N) is 1. The molecule has 3 nitrogen and oxygen atoms in total. The molecule has 0 radical (unpaired) electrons. The smallest absolute Gasteiger partial charge is 0.0461 e. The average molecular weight is 298 g/mol. The average Bonchev–Trinajstić information content (AvgIpc) is 2.73. The molecule has 1 heterocycles. The third kappa shape index (κ3) is 3.00. The highest BCUT2D eigenvalue weighted by Gasteiger charge is 2.24. The summed E-state index contributed by atoms with van der Waals surface area (Å²) in [6, 6.07) is 6.79. The molecule has 0 aliphatic carbocycles. The zero-order valence-corrected chi connectivity index (χ0v) is 12.1. The largest absolute Gasteiger partial charge is 0.398 e. The lowest BCUT2D eigenvalue weighted by Crippen LogP contribution is -2.31. The number of rotatable bonds is 3. The van der Waals surface area contributed by atoms with E-state index in [4.69, 9.17) is 5.73 Å². The molecule has 1 aliphatic rings. The number of nitrogens with zero attached hydrogens (tertiary/aromatic N) is 2. The van der Waals surface area contributed by atoms with Gasteiger partial charge in [0.05, 0.1) is 0 Å². The Labute approximate surface area is 112 Å². The summed E-state index contributed by atoms with van der Waals surface area (Å²) in [6.07, 6.45) is 1.26. The van der Waals surface area contributed by atoms with Gasteiger partial charge in [-0.3, -0.25) is 4.90 Å². The van der Waals surface area contributed by atoms with Gasteiger partial charge in [0, 0.05) is 35.8 Å². The molecule has 1 aromatic carbocycles. The number of anilines is 1. The van der Waals surface area contributed by atoms with Gasteiger partial charge in [0.2, 0.25) is 0 Å². The second-order valence-electron chi connectivity index (χ2n) is 4.96. The van der Waals surface area contributed by atoms with Crippen molar-refractivity contribution in [1.29, 1.82) is 0 Å². The molecular formula is C13H20BrN3. The summed E-state index contributed by atoms with van der Waals surface area (Å²) in [7, 11) is 4.31. The van der Waals surface area contributed by atoms with Gasteiger partial charge >= 0.3 is 0 Å². The lowest BCUT2D eigenvalue weighted by atomic mass is 10.2. The first-order valence-corrected chi connectivity index (χ1v) is 6.79. The quantitative estimate of drug-likeness (QED) is 0.868. The van der Waals surface area contributed by atoms with E-state index in [0.29, 0.717) is 6.04 Å². The van der Waals surface area contributed by atoms with Crippen LogP contribution in [0.5, 0.6) is 0 Å². The van der Waals surface area contributed by atoms with Crippen molar-refractivity contribution in [2.45, 2.75) is 19.0 Å². The topological polar surface area (TPSA) is 32.5 Å². The van der Waals surface area contributed by atoms with E-state index in [1.807, 2.05) is 12.1 Å². The number of likely N-dealkylation sites (N-methyl/N-ethyl adjacent to an activating group) is 1. The Hall–Kier alpha value is -0.580. The van der Waals surface area contributed by atoms with Gasteiger partial charge in [-0.15, -0.1) is 0 Å². The van der Waals surface area contributed by atoms with E-state index in [-0.39, 0.29) is 0 Å². The second kappa shape index (κ2) is 5.38. The van der Waals surface area contributed by atoms with Gasteiger partial charge in [-0.25, -0.2) is 0 Å². The minimum Gasteiger partial charge on any atom is -0.398 e. The summed E-state index contributed by atoms with van der Waals surface area (Å²) in [5.41, 5.74) is 8.00. The van der Waals surface area contributed by atoms with Crippen LogP contribution in [-0.2, 0) is 6.54 Å². The minimum atomic E-state index is 0.690. The molecule has 1 fully saturated rings. The van der Waals surface area contributed by atoms with Crippen LogP contribution in [0.1, 0.15) is 12.0 Å². The fraction of sp³-hybridized carbons (Fsp3) is 0.538. The number of nitrogen functional groups attached to an aromatic ring is 1. The van der Waals surface area contributed by atoms with Gasteiger partial charge in [0.1, 0.15) is 0 Å². The van der Waals surface area contributed by atoms with Crippen molar-refractivity contribution in [3.8, 4) is 0 Å². The van der Waals surface area contributed by atoms with Crippen molar-refractivity contribution in [2.75, 3.05) is 32.9 Å². The van der Waals surface area contributed by atoms with Gasteiger partial charge in [-0.2, -0.15) is 0 Å². The van der Waals surface area contributed by atoms with Crippen LogP contribution in [0, 0.1) is 0 Å². The molecule has 4 heteroatoms. The summed E-state index contributed by atoms with van der Waals surface area (Å²) in [4.78, 5) is 4.80. The van der Waals surface area contributed by atoms with Gasteiger partial charge in [0.25, 0.3) is 0 Å². The highest BCUT2D eigenvalue weighted by molar-refractivity contribution is 9.10. The van der Waals surface area contributed by atoms with E-state index in [1.54, 1.807) is 0 Å². The molecule has 1 atom stereocenters. The maximum absolute atomic E-state index is 5.90. The molecule has 1 saturated heterocycles. The Balaban J connectivity index is 2.00. The van der Waals surface area contributed by atoms with Crippen LogP contribution in [-0.4, -0.2) is 43.0 Å². The van der Waals surface area contributed by atoms with Crippen molar-refractivity contribution >= 4 is 21.6 Å². The van der Waals surface area contributed by atoms with E-state index in [2.05, 4.69) is 45.9 Å². The number of benzene rings is 1. The Morgan fingerprint density at radius 2 is 2.24 bits per heavy atom. The third-order valence-electron chi connectivity index (χ3n) is 3.48. The Morgan fingerprint density at radius 1 is 1.47 bits per heavy atom. The van der Waals surface area contributed by atoms with Crippen LogP contribution in [0.15, 0.2) is 22.7 Å². The first-order chi connectivity index (χ1) is 8.08. The molecule has 94 valence electrons. The van der Waals surface area contributed by atoms with Crippen molar-refractivity contribution in [1.82, 2.24) is 9.80 Å². The lowest BCUT2D eigenvalue weighted by Gasteiger charge is -2.21.